The van der Waals surface area contributed by atoms with Crippen molar-refractivity contribution in [3.8, 4) is 5.75 Å². The van der Waals surface area contributed by atoms with E-state index in [-0.39, 0.29) is 5.91 Å². The van der Waals surface area contributed by atoms with Gasteiger partial charge in [-0.3, -0.25) is 4.79 Å². The Morgan fingerprint density at radius 1 is 1.41 bits per heavy atom. The lowest BCUT2D eigenvalue weighted by Gasteiger charge is -2.13. The summed E-state index contributed by atoms with van der Waals surface area (Å²) in [6.45, 7) is 6.92. The highest BCUT2D eigenvalue weighted by molar-refractivity contribution is 5.94. The average Bonchev–Trinajstić information content (AvgIpc) is 2.34. The van der Waals surface area contributed by atoms with E-state index >= 15 is 0 Å². The van der Waals surface area contributed by atoms with E-state index in [4.69, 9.17) is 4.74 Å². The molecule has 3 heteroatoms. The first-order chi connectivity index (χ1) is 8.10. The van der Waals surface area contributed by atoms with Crippen LogP contribution in [0.3, 0.4) is 0 Å². The van der Waals surface area contributed by atoms with Gasteiger partial charge in [0.25, 0.3) is 5.91 Å². The molecule has 94 valence electrons. The van der Waals surface area contributed by atoms with Gasteiger partial charge < -0.3 is 10.1 Å². The van der Waals surface area contributed by atoms with Crippen molar-refractivity contribution in [2.45, 2.75) is 33.1 Å². The number of nitrogens with one attached hydrogen (secondary N) is 1. The summed E-state index contributed by atoms with van der Waals surface area (Å²) in [5.74, 6) is 1.16. The third-order valence-corrected chi connectivity index (χ3v) is 2.65. The molecule has 0 heterocycles. The van der Waals surface area contributed by atoms with Crippen molar-refractivity contribution in [3.05, 3.63) is 29.3 Å². The lowest BCUT2D eigenvalue weighted by molar-refractivity contribution is 0.0953. The zero-order valence-corrected chi connectivity index (χ0v) is 11.0. The molecule has 3 nitrogen and oxygen atoms in total. The smallest absolute Gasteiger partial charge is 0.251 e. The summed E-state index contributed by atoms with van der Waals surface area (Å²) >= 11 is 0. The van der Waals surface area contributed by atoms with Gasteiger partial charge in [-0.2, -0.15) is 0 Å². The first kappa shape index (κ1) is 13.6. The van der Waals surface area contributed by atoms with E-state index < -0.39 is 0 Å². The number of benzene rings is 1. The molecule has 17 heavy (non-hydrogen) atoms. The highest BCUT2D eigenvalue weighted by Gasteiger charge is 2.11. The number of hydrogen-bond acceptors (Lipinski definition) is 2. The molecule has 1 rings (SSSR count). The summed E-state index contributed by atoms with van der Waals surface area (Å²) in [7, 11) is 1.65. The summed E-state index contributed by atoms with van der Waals surface area (Å²) in [5.41, 5.74) is 1.76. The second-order valence-corrected chi connectivity index (χ2v) is 4.37. The van der Waals surface area contributed by atoms with E-state index in [1.54, 1.807) is 13.2 Å². The fourth-order valence-electron chi connectivity index (χ4n) is 1.67. The van der Waals surface area contributed by atoms with Crippen LogP contribution in [0.5, 0.6) is 5.75 Å². The molecule has 1 aromatic carbocycles. The molecule has 0 aliphatic rings. The quantitative estimate of drug-likeness (QED) is 0.852. The minimum atomic E-state index is -0.0172. The minimum Gasteiger partial charge on any atom is -0.496 e. The Bertz CT molecular complexity index is 386. The third kappa shape index (κ3) is 3.48. The highest BCUT2D eigenvalue weighted by Crippen LogP contribution is 2.27. The molecular weight excluding hydrogens is 214 g/mol. The van der Waals surface area contributed by atoms with Crippen LogP contribution in [0.25, 0.3) is 0 Å². The maximum absolute atomic E-state index is 11.8. The van der Waals surface area contributed by atoms with Gasteiger partial charge in [0.2, 0.25) is 0 Å². The zero-order valence-electron chi connectivity index (χ0n) is 11.0. The SMILES string of the molecule is CCCNC(=O)c1ccc(OC)c(C(C)C)c1. The van der Waals surface area contributed by atoms with Crippen LogP contribution in [0, 0.1) is 0 Å². The number of carbonyl (C=O) groups is 1. The van der Waals surface area contributed by atoms with Crippen molar-refractivity contribution >= 4 is 5.91 Å². The van der Waals surface area contributed by atoms with Gasteiger partial charge in [-0.25, -0.2) is 0 Å². The van der Waals surface area contributed by atoms with Gasteiger partial charge in [-0.15, -0.1) is 0 Å². The Kier molecular flexibility index (Phi) is 5.01. The van der Waals surface area contributed by atoms with Gasteiger partial charge in [0.1, 0.15) is 5.75 Å². The lowest BCUT2D eigenvalue weighted by atomic mass is 9.99. The van der Waals surface area contributed by atoms with Gasteiger partial charge in [-0.1, -0.05) is 20.8 Å². The molecule has 0 saturated carbocycles. The predicted molar refractivity (Wildman–Crippen MR) is 69.7 cm³/mol. The molecule has 0 fully saturated rings. The summed E-state index contributed by atoms with van der Waals surface area (Å²) < 4.78 is 5.29. The van der Waals surface area contributed by atoms with Crippen molar-refractivity contribution in [1.29, 1.82) is 0 Å². The molecule has 0 radical (unpaired) electrons. The molecule has 0 bridgehead atoms. The van der Waals surface area contributed by atoms with E-state index in [1.807, 2.05) is 19.1 Å². The number of carbonyl (C=O) groups excluding carboxylic acids is 1. The Morgan fingerprint density at radius 3 is 2.65 bits per heavy atom. The van der Waals surface area contributed by atoms with Gasteiger partial charge in [-0.05, 0) is 36.1 Å². The van der Waals surface area contributed by atoms with Crippen LogP contribution >= 0.6 is 0 Å². The van der Waals surface area contributed by atoms with Gasteiger partial charge in [0, 0.05) is 12.1 Å². The predicted octanol–water partition coefficient (Wildman–Crippen LogP) is 2.96. The summed E-state index contributed by atoms with van der Waals surface area (Å²) in [4.78, 5) is 11.8. The first-order valence-electron chi connectivity index (χ1n) is 6.06. The number of hydrogen-bond donors (Lipinski definition) is 1. The van der Waals surface area contributed by atoms with E-state index in [0.29, 0.717) is 18.0 Å². The largest absolute Gasteiger partial charge is 0.496 e. The maximum atomic E-state index is 11.8. The third-order valence-electron chi connectivity index (χ3n) is 2.65. The number of rotatable bonds is 5. The minimum absolute atomic E-state index is 0.0172. The fourth-order valence-corrected chi connectivity index (χ4v) is 1.67. The Morgan fingerprint density at radius 2 is 2.12 bits per heavy atom. The van der Waals surface area contributed by atoms with Crippen LogP contribution in [0.2, 0.25) is 0 Å². The molecular formula is C14H21NO2. The topological polar surface area (TPSA) is 38.3 Å². The van der Waals surface area contributed by atoms with Crippen molar-refractivity contribution in [3.63, 3.8) is 0 Å². The molecule has 0 atom stereocenters. The second kappa shape index (κ2) is 6.28. The molecule has 0 aliphatic heterocycles. The normalized spacial score (nSPS) is 10.4. The van der Waals surface area contributed by atoms with Crippen molar-refractivity contribution in [2.24, 2.45) is 0 Å². The van der Waals surface area contributed by atoms with Crippen LogP contribution < -0.4 is 10.1 Å². The van der Waals surface area contributed by atoms with Crippen LogP contribution in [-0.4, -0.2) is 19.6 Å². The van der Waals surface area contributed by atoms with Crippen LogP contribution in [-0.2, 0) is 0 Å². The number of ether oxygens (including phenoxy) is 1. The van der Waals surface area contributed by atoms with E-state index in [9.17, 15) is 4.79 Å². The number of amides is 1. The van der Waals surface area contributed by atoms with E-state index in [0.717, 1.165) is 17.7 Å². The fraction of sp³-hybridized carbons (Fsp3) is 0.500. The maximum Gasteiger partial charge on any atom is 0.251 e. The molecule has 1 amide bonds. The number of methoxy groups -OCH3 is 1. The van der Waals surface area contributed by atoms with Crippen molar-refractivity contribution in [2.75, 3.05) is 13.7 Å². The second-order valence-electron chi connectivity index (χ2n) is 4.37. The van der Waals surface area contributed by atoms with Gasteiger partial charge in [0.05, 0.1) is 7.11 Å². The van der Waals surface area contributed by atoms with Crippen molar-refractivity contribution in [1.82, 2.24) is 5.32 Å². The van der Waals surface area contributed by atoms with E-state index in [2.05, 4.69) is 19.2 Å². The van der Waals surface area contributed by atoms with E-state index in [1.165, 1.54) is 0 Å². The monoisotopic (exact) mass is 235 g/mol. The Balaban J connectivity index is 2.95. The average molecular weight is 235 g/mol. The lowest BCUT2D eigenvalue weighted by Crippen LogP contribution is -2.24. The summed E-state index contributed by atoms with van der Waals surface area (Å²) in [5, 5.41) is 2.87. The molecule has 1 N–H and O–H groups in total. The molecule has 0 unspecified atom stereocenters. The molecule has 0 aliphatic carbocycles. The standard InChI is InChI=1S/C14H21NO2/c1-5-8-15-14(16)11-6-7-13(17-4)12(9-11)10(2)3/h6-7,9-10H,5,8H2,1-4H3,(H,15,16). The van der Waals surface area contributed by atoms with Crippen LogP contribution in [0.1, 0.15) is 49.0 Å². The molecule has 0 aromatic heterocycles. The highest BCUT2D eigenvalue weighted by atomic mass is 16.5. The first-order valence-corrected chi connectivity index (χ1v) is 6.06. The van der Waals surface area contributed by atoms with Crippen LogP contribution in [0.15, 0.2) is 18.2 Å². The molecule has 0 spiro atoms. The Hall–Kier alpha value is -1.51. The molecule has 1 aromatic rings. The molecule has 0 saturated heterocycles. The van der Waals surface area contributed by atoms with Gasteiger partial charge in [0.15, 0.2) is 0 Å². The zero-order chi connectivity index (χ0) is 12.8. The summed E-state index contributed by atoms with van der Waals surface area (Å²) in [6.07, 6.45) is 0.943. The van der Waals surface area contributed by atoms with Crippen molar-refractivity contribution < 1.29 is 9.53 Å². The van der Waals surface area contributed by atoms with Crippen LogP contribution in [0.4, 0.5) is 0 Å². The summed E-state index contributed by atoms with van der Waals surface area (Å²) in [6, 6.07) is 5.57. The Labute approximate surface area is 103 Å². The van der Waals surface area contributed by atoms with Gasteiger partial charge >= 0.3 is 0 Å².